The van der Waals surface area contributed by atoms with Crippen molar-refractivity contribution in [2.24, 2.45) is 0 Å². The SMILES string of the molecule is Cc1cccc(CN(C(=O)COc2ccc(C(C)(C)C)cc2Br)C(C)C(=O)NC2CCCCC2)c1. The minimum Gasteiger partial charge on any atom is -0.483 e. The molecule has 0 radical (unpaired) electrons. The van der Waals surface area contributed by atoms with Crippen LogP contribution in [0, 0.1) is 6.92 Å². The van der Waals surface area contributed by atoms with E-state index in [0.29, 0.717) is 12.3 Å². The highest BCUT2D eigenvalue weighted by atomic mass is 79.9. The number of amides is 2. The number of nitrogens with zero attached hydrogens (tertiary/aromatic N) is 1. The van der Waals surface area contributed by atoms with Gasteiger partial charge in [0.2, 0.25) is 5.91 Å². The van der Waals surface area contributed by atoms with Gasteiger partial charge in [-0.25, -0.2) is 0 Å². The van der Waals surface area contributed by atoms with Crippen molar-refractivity contribution < 1.29 is 14.3 Å². The molecule has 0 aliphatic heterocycles. The number of rotatable bonds is 8. The van der Waals surface area contributed by atoms with Crippen molar-refractivity contribution in [2.75, 3.05) is 6.61 Å². The van der Waals surface area contributed by atoms with E-state index in [1.807, 2.05) is 43.3 Å². The average Bonchev–Trinajstić information content (AvgIpc) is 2.81. The Balaban J connectivity index is 1.73. The van der Waals surface area contributed by atoms with E-state index < -0.39 is 6.04 Å². The monoisotopic (exact) mass is 542 g/mol. The highest BCUT2D eigenvalue weighted by Crippen LogP contribution is 2.31. The molecule has 5 nitrogen and oxygen atoms in total. The van der Waals surface area contributed by atoms with Gasteiger partial charge < -0.3 is 15.0 Å². The van der Waals surface area contributed by atoms with Gasteiger partial charge in [0.25, 0.3) is 5.91 Å². The van der Waals surface area contributed by atoms with Gasteiger partial charge in [0.05, 0.1) is 4.47 Å². The summed E-state index contributed by atoms with van der Waals surface area (Å²) in [5.41, 5.74) is 3.31. The summed E-state index contributed by atoms with van der Waals surface area (Å²) in [5, 5.41) is 3.17. The molecule has 1 saturated carbocycles. The van der Waals surface area contributed by atoms with Crippen LogP contribution in [0.25, 0.3) is 0 Å². The minimum atomic E-state index is -0.597. The number of benzene rings is 2. The highest BCUT2D eigenvalue weighted by molar-refractivity contribution is 9.10. The van der Waals surface area contributed by atoms with Crippen LogP contribution in [0.1, 0.15) is 76.5 Å². The van der Waals surface area contributed by atoms with Gasteiger partial charge in [-0.15, -0.1) is 0 Å². The normalized spacial score (nSPS) is 15.4. The molecule has 0 spiro atoms. The molecule has 2 aromatic rings. The van der Waals surface area contributed by atoms with E-state index in [0.717, 1.165) is 41.3 Å². The molecule has 1 aliphatic rings. The molecule has 2 amide bonds. The average molecular weight is 544 g/mol. The van der Waals surface area contributed by atoms with Crippen molar-refractivity contribution in [3.8, 4) is 5.75 Å². The van der Waals surface area contributed by atoms with Gasteiger partial charge in [-0.2, -0.15) is 0 Å². The molecular formula is C29H39BrN2O3. The Hall–Kier alpha value is -2.34. The van der Waals surface area contributed by atoms with Gasteiger partial charge in [0.15, 0.2) is 6.61 Å². The van der Waals surface area contributed by atoms with Crippen molar-refractivity contribution in [3.05, 3.63) is 63.6 Å². The van der Waals surface area contributed by atoms with E-state index in [4.69, 9.17) is 4.74 Å². The van der Waals surface area contributed by atoms with E-state index in [-0.39, 0.29) is 29.9 Å². The second-order valence-corrected chi connectivity index (χ2v) is 11.6. The predicted molar refractivity (Wildman–Crippen MR) is 145 cm³/mol. The Labute approximate surface area is 218 Å². The number of ether oxygens (including phenoxy) is 1. The van der Waals surface area contributed by atoms with E-state index >= 15 is 0 Å². The zero-order chi connectivity index (χ0) is 25.6. The van der Waals surface area contributed by atoms with Crippen molar-refractivity contribution in [1.82, 2.24) is 10.2 Å². The van der Waals surface area contributed by atoms with Crippen LogP contribution in [0.4, 0.5) is 0 Å². The van der Waals surface area contributed by atoms with Crippen LogP contribution in [0.15, 0.2) is 46.9 Å². The molecule has 1 N–H and O–H groups in total. The molecule has 190 valence electrons. The second kappa shape index (κ2) is 12.1. The first kappa shape index (κ1) is 27.3. The number of carbonyl (C=O) groups is 2. The van der Waals surface area contributed by atoms with Crippen molar-refractivity contribution in [2.45, 2.75) is 90.8 Å². The number of hydrogen-bond acceptors (Lipinski definition) is 3. The lowest BCUT2D eigenvalue weighted by molar-refractivity contribution is -0.142. The molecule has 1 atom stereocenters. The summed E-state index contributed by atoms with van der Waals surface area (Å²) in [7, 11) is 0. The van der Waals surface area contributed by atoms with Gasteiger partial charge in [-0.05, 0) is 71.3 Å². The van der Waals surface area contributed by atoms with Gasteiger partial charge in [0, 0.05) is 12.6 Å². The minimum absolute atomic E-state index is 0.0165. The summed E-state index contributed by atoms with van der Waals surface area (Å²) in [6.45, 7) is 10.5. The molecule has 1 fully saturated rings. The van der Waals surface area contributed by atoms with E-state index in [1.165, 1.54) is 12.0 Å². The predicted octanol–water partition coefficient (Wildman–Crippen LogP) is 6.30. The highest BCUT2D eigenvalue weighted by Gasteiger charge is 2.28. The first-order valence-electron chi connectivity index (χ1n) is 12.6. The Morgan fingerprint density at radius 2 is 1.83 bits per heavy atom. The first-order chi connectivity index (χ1) is 16.5. The van der Waals surface area contributed by atoms with Crippen LogP contribution in [0.2, 0.25) is 0 Å². The topological polar surface area (TPSA) is 58.6 Å². The van der Waals surface area contributed by atoms with Gasteiger partial charge >= 0.3 is 0 Å². The summed E-state index contributed by atoms with van der Waals surface area (Å²) in [4.78, 5) is 28.1. The Morgan fingerprint density at radius 1 is 1.11 bits per heavy atom. The van der Waals surface area contributed by atoms with Gasteiger partial charge in [-0.3, -0.25) is 9.59 Å². The van der Waals surface area contributed by atoms with Crippen LogP contribution in [0.5, 0.6) is 5.75 Å². The summed E-state index contributed by atoms with van der Waals surface area (Å²) < 4.78 is 6.73. The molecule has 3 rings (SSSR count). The maximum absolute atomic E-state index is 13.4. The van der Waals surface area contributed by atoms with Gasteiger partial charge in [-0.1, -0.05) is 75.9 Å². The number of halogens is 1. The molecular weight excluding hydrogens is 504 g/mol. The largest absolute Gasteiger partial charge is 0.483 e. The molecule has 35 heavy (non-hydrogen) atoms. The van der Waals surface area contributed by atoms with Crippen LogP contribution in [0.3, 0.4) is 0 Å². The molecule has 0 bridgehead atoms. The molecule has 0 saturated heterocycles. The first-order valence-corrected chi connectivity index (χ1v) is 13.4. The smallest absolute Gasteiger partial charge is 0.261 e. The van der Waals surface area contributed by atoms with E-state index in [2.05, 4.69) is 48.1 Å². The summed E-state index contributed by atoms with van der Waals surface area (Å²) in [6.07, 6.45) is 5.52. The standard InChI is InChI=1S/C29H39BrN2O3/c1-20-10-9-11-22(16-20)18-32(21(2)28(34)31-24-12-7-6-8-13-24)27(33)19-35-26-15-14-23(17-25(26)30)29(3,4)5/h9-11,14-17,21,24H,6-8,12-13,18-19H2,1-5H3,(H,31,34). The molecule has 0 aromatic heterocycles. The lowest BCUT2D eigenvalue weighted by Crippen LogP contribution is -2.51. The fourth-order valence-corrected chi connectivity index (χ4v) is 4.96. The summed E-state index contributed by atoms with van der Waals surface area (Å²) >= 11 is 3.58. The maximum Gasteiger partial charge on any atom is 0.261 e. The zero-order valence-corrected chi connectivity index (χ0v) is 23.3. The van der Waals surface area contributed by atoms with Crippen LogP contribution in [-0.4, -0.2) is 35.4 Å². The summed E-state index contributed by atoms with van der Waals surface area (Å²) in [5.74, 6) is 0.291. The lowest BCUT2D eigenvalue weighted by Gasteiger charge is -2.31. The molecule has 2 aromatic carbocycles. The molecule has 0 heterocycles. The second-order valence-electron chi connectivity index (χ2n) is 10.7. The van der Waals surface area contributed by atoms with Crippen LogP contribution < -0.4 is 10.1 Å². The number of aryl methyl sites for hydroxylation is 1. The van der Waals surface area contributed by atoms with Crippen LogP contribution in [-0.2, 0) is 21.5 Å². The summed E-state index contributed by atoms with van der Waals surface area (Å²) in [6, 6.07) is 13.6. The third kappa shape index (κ3) is 7.83. The molecule has 1 aliphatic carbocycles. The Morgan fingerprint density at radius 3 is 2.46 bits per heavy atom. The zero-order valence-electron chi connectivity index (χ0n) is 21.7. The van der Waals surface area contributed by atoms with E-state index in [1.54, 1.807) is 11.8 Å². The number of carbonyl (C=O) groups excluding carboxylic acids is 2. The quantitative estimate of drug-likeness (QED) is 0.425. The number of hydrogen-bond donors (Lipinski definition) is 1. The van der Waals surface area contributed by atoms with Crippen molar-refractivity contribution in [3.63, 3.8) is 0 Å². The molecule has 6 heteroatoms. The van der Waals surface area contributed by atoms with Gasteiger partial charge in [0.1, 0.15) is 11.8 Å². The third-order valence-electron chi connectivity index (χ3n) is 6.70. The maximum atomic E-state index is 13.4. The van der Waals surface area contributed by atoms with Crippen molar-refractivity contribution in [1.29, 1.82) is 0 Å². The number of nitrogens with one attached hydrogen (secondary N) is 1. The third-order valence-corrected chi connectivity index (χ3v) is 7.32. The van der Waals surface area contributed by atoms with Crippen molar-refractivity contribution >= 4 is 27.7 Å². The Kier molecular flexibility index (Phi) is 9.40. The van der Waals surface area contributed by atoms with E-state index in [9.17, 15) is 9.59 Å². The Bertz CT molecular complexity index is 1020. The lowest BCUT2D eigenvalue weighted by atomic mass is 9.87. The fraction of sp³-hybridized carbons (Fsp3) is 0.517. The molecule has 1 unspecified atom stereocenters. The van der Waals surface area contributed by atoms with Crippen LogP contribution >= 0.6 is 15.9 Å². The fourth-order valence-electron chi connectivity index (χ4n) is 4.47.